The second kappa shape index (κ2) is 13.0. The summed E-state index contributed by atoms with van der Waals surface area (Å²) in [6.45, 7) is 8.78. The normalized spacial score (nSPS) is 16.8. The van der Waals surface area contributed by atoms with Gasteiger partial charge in [0.2, 0.25) is 0 Å². The second-order valence-corrected chi connectivity index (χ2v) is 8.28. The average Bonchev–Trinajstić information content (AvgIpc) is 2.93. The fourth-order valence-electron chi connectivity index (χ4n) is 3.20. The molecule has 0 aliphatic carbocycles. The van der Waals surface area contributed by atoms with Gasteiger partial charge in [0.25, 0.3) is 0 Å². The van der Waals surface area contributed by atoms with Crippen LogP contribution in [0.5, 0.6) is 0 Å². The van der Waals surface area contributed by atoms with E-state index in [0.29, 0.717) is 12.5 Å². The maximum absolute atomic E-state index is 5.95. The number of benzene rings is 1. The number of likely N-dealkylation sites (tertiary alicyclic amines) is 1. The molecule has 3 nitrogen and oxygen atoms in total. The summed E-state index contributed by atoms with van der Waals surface area (Å²) in [6.07, 6.45) is 12.7. The molecule has 0 spiro atoms. The molecule has 0 N–H and O–H groups in total. The number of halogens is 1. The summed E-state index contributed by atoms with van der Waals surface area (Å²) in [4.78, 5) is 8.22. The van der Waals surface area contributed by atoms with Crippen LogP contribution in [0, 0.1) is 5.92 Å². The van der Waals surface area contributed by atoms with Gasteiger partial charge in [0.1, 0.15) is 6.61 Å². The van der Waals surface area contributed by atoms with Crippen molar-refractivity contribution >= 4 is 23.4 Å². The first-order valence-corrected chi connectivity index (χ1v) is 10.9. The maximum atomic E-state index is 5.95. The van der Waals surface area contributed by atoms with Crippen LogP contribution in [0.2, 0.25) is 5.02 Å². The molecule has 4 heteroatoms. The standard InChI is InChI=1S/C23H35ClN2O/c1-20(2)8-14-23(15-11-21-9-12-22(24)13-10-21)25-27-19-7-18-26-16-5-3-4-6-17-26/h9-13,15,20H,3-8,14,16-19H2,1-2H3/b15-11+,25-23+. The Kier molecular flexibility index (Phi) is 10.5. The molecular formula is C23H35ClN2O. The van der Waals surface area contributed by atoms with E-state index in [1.54, 1.807) is 0 Å². The van der Waals surface area contributed by atoms with Gasteiger partial charge < -0.3 is 9.74 Å². The quantitative estimate of drug-likeness (QED) is 0.261. The van der Waals surface area contributed by atoms with Crippen molar-refractivity contribution < 1.29 is 4.84 Å². The summed E-state index contributed by atoms with van der Waals surface area (Å²) in [5.41, 5.74) is 2.13. The molecule has 0 unspecified atom stereocenters. The highest BCUT2D eigenvalue weighted by molar-refractivity contribution is 6.30. The van der Waals surface area contributed by atoms with Crippen LogP contribution in [-0.2, 0) is 4.84 Å². The van der Waals surface area contributed by atoms with Crippen molar-refractivity contribution in [2.75, 3.05) is 26.2 Å². The van der Waals surface area contributed by atoms with Gasteiger partial charge in [0, 0.05) is 11.6 Å². The van der Waals surface area contributed by atoms with Gasteiger partial charge in [-0.15, -0.1) is 0 Å². The molecule has 0 atom stereocenters. The zero-order chi connectivity index (χ0) is 19.3. The molecule has 2 rings (SSSR count). The Labute approximate surface area is 170 Å². The van der Waals surface area contributed by atoms with Gasteiger partial charge in [-0.2, -0.15) is 0 Å². The van der Waals surface area contributed by atoms with Crippen LogP contribution in [0.25, 0.3) is 6.08 Å². The third-order valence-electron chi connectivity index (χ3n) is 4.91. The summed E-state index contributed by atoms with van der Waals surface area (Å²) in [5.74, 6) is 0.655. The lowest BCUT2D eigenvalue weighted by Gasteiger charge is -2.18. The first kappa shape index (κ1) is 22.0. The molecule has 0 bridgehead atoms. The zero-order valence-corrected chi connectivity index (χ0v) is 17.8. The van der Waals surface area contributed by atoms with Gasteiger partial charge in [0.15, 0.2) is 0 Å². The molecule has 1 heterocycles. The predicted molar refractivity (Wildman–Crippen MR) is 117 cm³/mol. The highest BCUT2D eigenvalue weighted by Gasteiger charge is 2.08. The van der Waals surface area contributed by atoms with E-state index in [2.05, 4.69) is 36.1 Å². The van der Waals surface area contributed by atoms with Crippen LogP contribution < -0.4 is 0 Å². The minimum absolute atomic E-state index is 0.655. The average molecular weight is 391 g/mol. The van der Waals surface area contributed by atoms with Crippen molar-refractivity contribution in [3.63, 3.8) is 0 Å². The Morgan fingerprint density at radius 3 is 2.52 bits per heavy atom. The number of rotatable bonds is 10. The van der Waals surface area contributed by atoms with E-state index in [0.717, 1.165) is 42.1 Å². The smallest absolute Gasteiger partial charge is 0.118 e. The van der Waals surface area contributed by atoms with Gasteiger partial charge in [0.05, 0.1) is 5.71 Å². The first-order valence-electron chi connectivity index (χ1n) is 10.5. The molecule has 1 fully saturated rings. The third-order valence-corrected chi connectivity index (χ3v) is 5.16. The molecule has 1 aromatic rings. The number of oxime groups is 1. The minimum atomic E-state index is 0.655. The summed E-state index contributed by atoms with van der Waals surface area (Å²) >= 11 is 5.95. The van der Waals surface area contributed by atoms with Crippen LogP contribution in [0.15, 0.2) is 35.5 Å². The van der Waals surface area contributed by atoms with Crippen LogP contribution in [0.1, 0.15) is 64.4 Å². The third kappa shape index (κ3) is 9.97. The first-order chi connectivity index (χ1) is 13.1. The summed E-state index contributed by atoms with van der Waals surface area (Å²) in [5, 5.41) is 5.17. The molecule has 150 valence electrons. The fraction of sp³-hybridized carbons (Fsp3) is 0.609. The lowest BCUT2D eigenvalue weighted by atomic mass is 10.0. The van der Waals surface area contributed by atoms with Crippen LogP contribution in [0.4, 0.5) is 0 Å². The van der Waals surface area contributed by atoms with Gasteiger partial charge >= 0.3 is 0 Å². The van der Waals surface area contributed by atoms with Crippen molar-refractivity contribution in [2.45, 2.75) is 58.8 Å². The summed E-state index contributed by atoms with van der Waals surface area (Å²) < 4.78 is 0. The molecule has 1 saturated heterocycles. The van der Waals surface area contributed by atoms with E-state index in [4.69, 9.17) is 16.4 Å². The molecule has 1 aromatic carbocycles. The topological polar surface area (TPSA) is 24.8 Å². The highest BCUT2D eigenvalue weighted by atomic mass is 35.5. The monoisotopic (exact) mass is 390 g/mol. The second-order valence-electron chi connectivity index (χ2n) is 7.84. The summed E-state index contributed by atoms with van der Waals surface area (Å²) in [6, 6.07) is 7.85. The van der Waals surface area contributed by atoms with Crippen molar-refractivity contribution in [2.24, 2.45) is 11.1 Å². The lowest BCUT2D eigenvalue weighted by Crippen LogP contribution is -2.26. The van der Waals surface area contributed by atoms with E-state index in [1.165, 1.54) is 38.8 Å². The molecule has 0 saturated carbocycles. The van der Waals surface area contributed by atoms with Crippen molar-refractivity contribution in [3.05, 3.63) is 40.9 Å². The molecule has 0 radical (unpaired) electrons. The number of nitrogens with zero attached hydrogens (tertiary/aromatic N) is 2. The van der Waals surface area contributed by atoms with E-state index in [1.807, 2.05) is 24.3 Å². The maximum Gasteiger partial charge on any atom is 0.118 e. The van der Waals surface area contributed by atoms with E-state index in [9.17, 15) is 0 Å². The van der Waals surface area contributed by atoms with Gasteiger partial charge in [-0.1, -0.05) is 61.7 Å². The predicted octanol–water partition coefficient (Wildman–Crippen LogP) is 6.43. The molecule has 1 aliphatic rings. The lowest BCUT2D eigenvalue weighted by molar-refractivity contribution is 0.129. The van der Waals surface area contributed by atoms with E-state index >= 15 is 0 Å². The Morgan fingerprint density at radius 1 is 1.15 bits per heavy atom. The van der Waals surface area contributed by atoms with Crippen LogP contribution in [0.3, 0.4) is 0 Å². The van der Waals surface area contributed by atoms with E-state index in [-0.39, 0.29) is 0 Å². The Balaban J connectivity index is 1.79. The molecule has 27 heavy (non-hydrogen) atoms. The number of allylic oxidation sites excluding steroid dienone is 1. The Hall–Kier alpha value is -1.32. The van der Waals surface area contributed by atoms with Crippen molar-refractivity contribution in [3.8, 4) is 0 Å². The SMILES string of the molecule is CC(C)CCC(/C=C/c1ccc(Cl)cc1)=N\OCCCN1CCCCCC1. The van der Waals surface area contributed by atoms with Crippen LogP contribution in [-0.4, -0.2) is 36.9 Å². The largest absolute Gasteiger partial charge is 0.396 e. The van der Waals surface area contributed by atoms with Crippen molar-refractivity contribution in [1.29, 1.82) is 0 Å². The van der Waals surface area contributed by atoms with Gasteiger partial charge in [-0.3, -0.25) is 0 Å². The summed E-state index contributed by atoms with van der Waals surface area (Å²) in [7, 11) is 0. The molecule has 0 aromatic heterocycles. The van der Waals surface area contributed by atoms with Gasteiger partial charge in [-0.25, -0.2) is 0 Å². The Morgan fingerprint density at radius 2 is 1.85 bits per heavy atom. The molecule has 1 aliphatic heterocycles. The minimum Gasteiger partial charge on any atom is -0.396 e. The zero-order valence-electron chi connectivity index (χ0n) is 17.0. The Bertz CT molecular complexity index is 573. The molecule has 0 amide bonds. The van der Waals surface area contributed by atoms with Gasteiger partial charge in [-0.05, 0) is 74.9 Å². The van der Waals surface area contributed by atoms with Crippen LogP contribution >= 0.6 is 11.6 Å². The molecular weight excluding hydrogens is 356 g/mol. The van der Waals surface area contributed by atoms with Crippen molar-refractivity contribution in [1.82, 2.24) is 4.90 Å². The number of hydrogen-bond acceptors (Lipinski definition) is 3. The fourth-order valence-corrected chi connectivity index (χ4v) is 3.33. The highest BCUT2D eigenvalue weighted by Crippen LogP contribution is 2.13. The van der Waals surface area contributed by atoms with E-state index < -0.39 is 0 Å². The number of hydrogen-bond donors (Lipinski definition) is 0.